The lowest BCUT2D eigenvalue weighted by molar-refractivity contribution is 0.0597. The minimum atomic E-state index is -0.419. The molecule has 0 unspecified atom stereocenters. The van der Waals surface area contributed by atoms with Crippen molar-refractivity contribution in [2.24, 2.45) is 5.73 Å². The summed E-state index contributed by atoms with van der Waals surface area (Å²) in [6.45, 7) is 0.327. The number of ether oxygens (including phenoxy) is 2. The summed E-state index contributed by atoms with van der Waals surface area (Å²) in [6.07, 6.45) is 0. The van der Waals surface area contributed by atoms with Gasteiger partial charge in [0, 0.05) is 12.1 Å². The van der Waals surface area contributed by atoms with Gasteiger partial charge in [0.25, 0.3) is 0 Å². The molecule has 0 spiro atoms. The minimum Gasteiger partial charge on any atom is -0.496 e. The van der Waals surface area contributed by atoms with Crippen molar-refractivity contribution in [2.75, 3.05) is 14.2 Å². The van der Waals surface area contributed by atoms with Crippen LogP contribution in [-0.2, 0) is 11.3 Å². The van der Waals surface area contributed by atoms with Gasteiger partial charge in [-0.15, -0.1) is 0 Å². The van der Waals surface area contributed by atoms with Gasteiger partial charge in [-0.3, -0.25) is 0 Å². The number of carbonyl (C=O) groups excluding carboxylic acids is 1. The largest absolute Gasteiger partial charge is 0.496 e. The number of hydrogen-bond donors (Lipinski definition) is 1. The van der Waals surface area contributed by atoms with E-state index >= 15 is 0 Å². The summed E-state index contributed by atoms with van der Waals surface area (Å²) in [5.41, 5.74) is 6.69. The van der Waals surface area contributed by atoms with E-state index in [0.717, 1.165) is 5.56 Å². The molecule has 0 heterocycles. The van der Waals surface area contributed by atoms with Crippen LogP contribution in [-0.4, -0.2) is 20.2 Å². The lowest BCUT2D eigenvalue weighted by atomic mass is 10.1. The number of benzene rings is 1. The summed E-state index contributed by atoms with van der Waals surface area (Å²) >= 11 is 0. The Labute approximate surface area is 82.6 Å². The summed E-state index contributed by atoms with van der Waals surface area (Å²) < 4.78 is 9.73. The highest BCUT2D eigenvalue weighted by atomic mass is 16.5. The van der Waals surface area contributed by atoms with Gasteiger partial charge in [0.1, 0.15) is 11.3 Å². The molecule has 14 heavy (non-hydrogen) atoms. The Morgan fingerprint density at radius 1 is 1.43 bits per heavy atom. The molecule has 76 valence electrons. The Hall–Kier alpha value is -1.55. The van der Waals surface area contributed by atoms with Gasteiger partial charge in [-0.2, -0.15) is 0 Å². The Bertz CT molecular complexity index is 336. The Kier molecular flexibility index (Phi) is 3.48. The first kappa shape index (κ1) is 10.5. The van der Waals surface area contributed by atoms with Gasteiger partial charge in [0.2, 0.25) is 0 Å². The third-order valence-corrected chi connectivity index (χ3v) is 1.93. The van der Waals surface area contributed by atoms with Gasteiger partial charge in [0.15, 0.2) is 0 Å². The van der Waals surface area contributed by atoms with Crippen molar-refractivity contribution < 1.29 is 14.3 Å². The van der Waals surface area contributed by atoms with Crippen molar-refractivity contribution in [2.45, 2.75) is 6.54 Å². The molecule has 1 aromatic rings. The molecular formula is C10H13NO3. The molecule has 4 heteroatoms. The van der Waals surface area contributed by atoms with Crippen LogP contribution in [0.1, 0.15) is 15.9 Å². The van der Waals surface area contributed by atoms with E-state index in [1.165, 1.54) is 14.2 Å². The number of carbonyl (C=O) groups is 1. The van der Waals surface area contributed by atoms with E-state index in [0.29, 0.717) is 17.9 Å². The van der Waals surface area contributed by atoms with Crippen molar-refractivity contribution in [1.29, 1.82) is 0 Å². The Morgan fingerprint density at radius 2 is 2.14 bits per heavy atom. The van der Waals surface area contributed by atoms with Crippen LogP contribution in [0.5, 0.6) is 5.75 Å². The first-order valence-corrected chi connectivity index (χ1v) is 4.18. The van der Waals surface area contributed by atoms with Gasteiger partial charge < -0.3 is 15.2 Å². The smallest absolute Gasteiger partial charge is 0.341 e. The molecule has 0 aliphatic carbocycles. The average molecular weight is 195 g/mol. The molecule has 0 fully saturated rings. The lowest BCUT2D eigenvalue weighted by Crippen LogP contribution is -2.08. The van der Waals surface area contributed by atoms with Gasteiger partial charge >= 0.3 is 5.97 Å². The fourth-order valence-electron chi connectivity index (χ4n) is 1.26. The average Bonchev–Trinajstić information content (AvgIpc) is 2.26. The summed E-state index contributed by atoms with van der Waals surface area (Å²) in [6, 6.07) is 5.20. The summed E-state index contributed by atoms with van der Waals surface area (Å²) in [7, 11) is 2.83. The number of hydrogen-bond acceptors (Lipinski definition) is 4. The molecule has 4 nitrogen and oxygen atoms in total. The van der Waals surface area contributed by atoms with Crippen molar-refractivity contribution in [3.05, 3.63) is 29.3 Å². The molecule has 0 radical (unpaired) electrons. The molecule has 0 aromatic heterocycles. The molecular weight excluding hydrogens is 182 g/mol. The monoisotopic (exact) mass is 195 g/mol. The van der Waals surface area contributed by atoms with Crippen LogP contribution in [0.2, 0.25) is 0 Å². The van der Waals surface area contributed by atoms with Gasteiger partial charge in [-0.1, -0.05) is 12.1 Å². The van der Waals surface area contributed by atoms with Crippen LogP contribution in [0.3, 0.4) is 0 Å². The maximum atomic E-state index is 11.3. The zero-order valence-electron chi connectivity index (χ0n) is 8.24. The summed E-state index contributed by atoms with van der Waals surface area (Å²) in [5, 5.41) is 0. The number of nitrogens with two attached hydrogens (primary N) is 1. The number of methoxy groups -OCH3 is 2. The van der Waals surface area contributed by atoms with E-state index in [2.05, 4.69) is 4.74 Å². The molecule has 0 aliphatic rings. The topological polar surface area (TPSA) is 61.5 Å². The van der Waals surface area contributed by atoms with E-state index in [4.69, 9.17) is 10.5 Å². The standard InChI is InChI=1S/C10H13NO3/c1-13-9-7(6-11)4-3-5-8(9)10(12)14-2/h3-5H,6,11H2,1-2H3. The molecule has 0 saturated heterocycles. The van der Waals surface area contributed by atoms with Crippen molar-refractivity contribution >= 4 is 5.97 Å². The zero-order valence-corrected chi connectivity index (χ0v) is 8.24. The minimum absolute atomic E-state index is 0.327. The fraction of sp³-hybridized carbons (Fsp3) is 0.300. The highest BCUT2D eigenvalue weighted by Gasteiger charge is 2.14. The summed E-state index contributed by atoms with van der Waals surface area (Å²) in [4.78, 5) is 11.3. The van der Waals surface area contributed by atoms with Gasteiger partial charge in [0.05, 0.1) is 14.2 Å². The van der Waals surface area contributed by atoms with Crippen LogP contribution in [0.4, 0.5) is 0 Å². The van der Waals surface area contributed by atoms with E-state index in [1.807, 2.05) is 6.07 Å². The number of para-hydroxylation sites is 1. The molecule has 1 rings (SSSR count). The zero-order chi connectivity index (χ0) is 10.6. The van der Waals surface area contributed by atoms with Gasteiger partial charge in [-0.25, -0.2) is 4.79 Å². The SMILES string of the molecule is COC(=O)c1cccc(CN)c1OC. The van der Waals surface area contributed by atoms with Crippen molar-refractivity contribution in [1.82, 2.24) is 0 Å². The van der Waals surface area contributed by atoms with Crippen molar-refractivity contribution in [3.8, 4) is 5.75 Å². The highest BCUT2D eigenvalue weighted by Crippen LogP contribution is 2.23. The van der Waals surface area contributed by atoms with Gasteiger partial charge in [-0.05, 0) is 6.07 Å². The van der Waals surface area contributed by atoms with Crippen LogP contribution >= 0.6 is 0 Å². The first-order chi connectivity index (χ1) is 6.74. The second kappa shape index (κ2) is 4.62. The van der Waals surface area contributed by atoms with Crippen LogP contribution < -0.4 is 10.5 Å². The van der Waals surface area contributed by atoms with Crippen LogP contribution in [0.15, 0.2) is 18.2 Å². The second-order valence-corrected chi connectivity index (χ2v) is 2.69. The number of rotatable bonds is 3. The summed E-state index contributed by atoms with van der Waals surface area (Å²) in [5.74, 6) is 0.0685. The maximum absolute atomic E-state index is 11.3. The highest BCUT2D eigenvalue weighted by molar-refractivity contribution is 5.92. The first-order valence-electron chi connectivity index (χ1n) is 4.18. The van der Waals surface area contributed by atoms with E-state index in [1.54, 1.807) is 12.1 Å². The molecule has 0 bridgehead atoms. The van der Waals surface area contributed by atoms with E-state index in [-0.39, 0.29) is 0 Å². The van der Waals surface area contributed by atoms with Crippen LogP contribution in [0.25, 0.3) is 0 Å². The lowest BCUT2D eigenvalue weighted by Gasteiger charge is -2.10. The Balaban J connectivity index is 3.21. The molecule has 1 aromatic carbocycles. The second-order valence-electron chi connectivity index (χ2n) is 2.69. The van der Waals surface area contributed by atoms with Crippen molar-refractivity contribution in [3.63, 3.8) is 0 Å². The fourth-order valence-corrected chi connectivity index (χ4v) is 1.26. The van der Waals surface area contributed by atoms with E-state index < -0.39 is 5.97 Å². The molecule has 0 saturated carbocycles. The normalized spacial score (nSPS) is 9.64. The molecule has 0 atom stereocenters. The number of esters is 1. The van der Waals surface area contributed by atoms with E-state index in [9.17, 15) is 4.79 Å². The predicted molar refractivity (Wildman–Crippen MR) is 52.2 cm³/mol. The third-order valence-electron chi connectivity index (χ3n) is 1.93. The molecule has 0 aliphatic heterocycles. The maximum Gasteiger partial charge on any atom is 0.341 e. The predicted octanol–water partition coefficient (Wildman–Crippen LogP) is 0.941. The molecule has 2 N–H and O–H groups in total. The Morgan fingerprint density at radius 3 is 2.64 bits per heavy atom. The molecule has 0 amide bonds. The third kappa shape index (κ3) is 1.85. The quantitative estimate of drug-likeness (QED) is 0.729. The van der Waals surface area contributed by atoms with Crippen LogP contribution in [0, 0.1) is 0 Å².